The van der Waals surface area contributed by atoms with Gasteiger partial charge in [0.25, 0.3) is 5.91 Å². The summed E-state index contributed by atoms with van der Waals surface area (Å²) in [5.74, 6) is -0.484. The number of amides is 1. The zero-order valence-electron chi connectivity index (χ0n) is 16.9. The van der Waals surface area contributed by atoms with Crippen molar-refractivity contribution < 1.29 is 14.1 Å². The predicted molar refractivity (Wildman–Crippen MR) is 114 cm³/mol. The van der Waals surface area contributed by atoms with Crippen LogP contribution < -0.4 is 9.80 Å². The van der Waals surface area contributed by atoms with Crippen LogP contribution in [0.1, 0.15) is 35.3 Å². The molecule has 0 unspecified atom stereocenters. The van der Waals surface area contributed by atoms with Crippen LogP contribution in [0.25, 0.3) is 10.2 Å². The lowest BCUT2D eigenvalue weighted by atomic mass is 10.1. The van der Waals surface area contributed by atoms with Gasteiger partial charge in [0.2, 0.25) is 0 Å². The standard InChI is InChI=1S/C22H26FN3OS/c1-5-25(6-2)11-12-26(21(27)17-7-9-18(23)10-8-17)22-24-19-14-15(3)13-16(4)20(19)28-22/h7-10,13-14H,5-6,11-12H2,1-4H3/p+1. The van der Waals surface area contributed by atoms with E-state index in [1.165, 1.54) is 34.7 Å². The number of benzene rings is 2. The average molecular weight is 401 g/mol. The zero-order chi connectivity index (χ0) is 20.3. The number of aryl methyl sites for hydroxylation is 2. The fourth-order valence-corrected chi connectivity index (χ4v) is 4.43. The lowest BCUT2D eigenvalue weighted by Crippen LogP contribution is -3.12. The van der Waals surface area contributed by atoms with Gasteiger partial charge < -0.3 is 4.90 Å². The monoisotopic (exact) mass is 400 g/mol. The zero-order valence-corrected chi connectivity index (χ0v) is 17.7. The van der Waals surface area contributed by atoms with E-state index in [2.05, 4.69) is 39.8 Å². The maximum Gasteiger partial charge on any atom is 0.260 e. The number of aromatic nitrogens is 1. The van der Waals surface area contributed by atoms with Crippen molar-refractivity contribution in [1.82, 2.24) is 4.98 Å². The van der Waals surface area contributed by atoms with Crippen LogP contribution in [-0.4, -0.2) is 37.1 Å². The van der Waals surface area contributed by atoms with Gasteiger partial charge in [0.15, 0.2) is 5.13 Å². The Bertz CT molecular complexity index is 964. The third-order valence-corrected chi connectivity index (χ3v) is 6.29. The topological polar surface area (TPSA) is 37.6 Å². The first-order valence-corrected chi connectivity index (χ1v) is 10.5. The van der Waals surface area contributed by atoms with E-state index < -0.39 is 0 Å². The molecule has 6 heteroatoms. The summed E-state index contributed by atoms with van der Waals surface area (Å²) in [6, 6.07) is 9.92. The fourth-order valence-electron chi connectivity index (χ4n) is 3.39. The van der Waals surface area contributed by atoms with Crippen LogP contribution in [0.2, 0.25) is 0 Å². The van der Waals surface area contributed by atoms with E-state index in [4.69, 9.17) is 4.98 Å². The minimum Gasteiger partial charge on any atom is -0.334 e. The molecule has 148 valence electrons. The number of carbonyl (C=O) groups is 1. The molecule has 1 N–H and O–H groups in total. The maximum absolute atomic E-state index is 13.3. The Morgan fingerprint density at radius 3 is 2.46 bits per heavy atom. The van der Waals surface area contributed by atoms with E-state index in [1.54, 1.807) is 16.2 Å². The van der Waals surface area contributed by atoms with Gasteiger partial charge in [-0.2, -0.15) is 0 Å². The molecule has 0 saturated heterocycles. The summed E-state index contributed by atoms with van der Waals surface area (Å²) >= 11 is 1.54. The summed E-state index contributed by atoms with van der Waals surface area (Å²) in [4.78, 5) is 21.2. The number of nitrogens with zero attached hydrogens (tertiary/aromatic N) is 2. The summed E-state index contributed by atoms with van der Waals surface area (Å²) in [7, 11) is 0. The second kappa shape index (κ2) is 8.80. The predicted octanol–water partition coefficient (Wildman–Crippen LogP) is 3.62. The van der Waals surface area contributed by atoms with Crippen LogP contribution in [0.5, 0.6) is 0 Å². The van der Waals surface area contributed by atoms with Crippen LogP contribution in [0.15, 0.2) is 36.4 Å². The normalized spacial score (nSPS) is 11.4. The molecule has 0 aliphatic rings. The molecule has 0 aliphatic carbocycles. The van der Waals surface area contributed by atoms with E-state index in [1.807, 2.05) is 0 Å². The van der Waals surface area contributed by atoms with Crippen molar-refractivity contribution >= 4 is 32.6 Å². The van der Waals surface area contributed by atoms with Crippen LogP contribution >= 0.6 is 11.3 Å². The van der Waals surface area contributed by atoms with Crippen LogP contribution in [0.3, 0.4) is 0 Å². The Morgan fingerprint density at radius 1 is 1.14 bits per heavy atom. The van der Waals surface area contributed by atoms with Crippen molar-refractivity contribution in [2.45, 2.75) is 27.7 Å². The first-order valence-electron chi connectivity index (χ1n) is 9.71. The molecular formula is C22H27FN3OS+. The van der Waals surface area contributed by atoms with Gasteiger partial charge in [-0.3, -0.25) is 9.69 Å². The molecule has 0 spiro atoms. The van der Waals surface area contributed by atoms with Crippen LogP contribution in [0.4, 0.5) is 9.52 Å². The van der Waals surface area contributed by atoms with E-state index in [9.17, 15) is 9.18 Å². The SMILES string of the molecule is CC[NH+](CC)CCN(C(=O)c1ccc(F)cc1)c1nc2cc(C)cc(C)c2s1. The third kappa shape index (κ3) is 4.39. The van der Waals surface area contributed by atoms with Gasteiger partial charge in [0.1, 0.15) is 5.82 Å². The van der Waals surface area contributed by atoms with Crippen molar-refractivity contribution in [3.05, 3.63) is 58.9 Å². The summed E-state index contributed by atoms with van der Waals surface area (Å²) in [5.41, 5.74) is 3.72. The van der Waals surface area contributed by atoms with Gasteiger partial charge in [-0.05, 0) is 69.2 Å². The maximum atomic E-state index is 13.3. The molecule has 0 atom stereocenters. The lowest BCUT2D eigenvalue weighted by molar-refractivity contribution is -0.894. The lowest BCUT2D eigenvalue weighted by Gasteiger charge is -2.23. The summed E-state index contributed by atoms with van der Waals surface area (Å²) in [6.07, 6.45) is 0. The summed E-state index contributed by atoms with van der Waals surface area (Å²) in [6.45, 7) is 11.9. The molecule has 28 heavy (non-hydrogen) atoms. The number of nitrogens with one attached hydrogen (secondary N) is 1. The van der Waals surface area contributed by atoms with Crippen molar-refractivity contribution in [2.75, 3.05) is 31.1 Å². The molecular weight excluding hydrogens is 373 g/mol. The second-order valence-electron chi connectivity index (χ2n) is 7.10. The van der Waals surface area contributed by atoms with Gasteiger partial charge in [-0.15, -0.1) is 0 Å². The number of rotatable bonds is 7. The van der Waals surface area contributed by atoms with Gasteiger partial charge in [0, 0.05) is 5.56 Å². The Balaban J connectivity index is 1.98. The Labute approximate surface area is 169 Å². The number of anilines is 1. The van der Waals surface area contributed by atoms with Gasteiger partial charge in [-0.25, -0.2) is 9.37 Å². The largest absolute Gasteiger partial charge is 0.334 e. The molecule has 1 amide bonds. The number of halogens is 1. The van der Waals surface area contributed by atoms with Gasteiger partial charge in [-0.1, -0.05) is 17.4 Å². The Kier molecular flexibility index (Phi) is 6.42. The Hall–Kier alpha value is -2.31. The molecule has 2 aromatic carbocycles. The molecule has 0 bridgehead atoms. The number of carbonyl (C=O) groups excluding carboxylic acids is 1. The van der Waals surface area contributed by atoms with Crippen LogP contribution in [0, 0.1) is 19.7 Å². The van der Waals surface area contributed by atoms with Crippen molar-refractivity contribution in [3.8, 4) is 0 Å². The van der Waals surface area contributed by atoms with Crippen molar-refractivity contribution in [3.63, 3.8) is 0 Å². The van der Waals surface area contributed by atoms with Gasteiger partial charge >= 0.3 is 0 Å². The summed E-state index contributed by atoms with van der Waals surface area (Å²) in [5, 5.41) is 0.699. The molecule has 3 rings (SSSR count). The van der Waals surface area contributed by atoms with E-state index in [-0.39, 0.29) is 11.7 Å². The van der Waals surface area contributed by atoms with Crippen molar-refractivity contribution in [1.29, 1.82) is 0 Å². The number of thiazole rings is 1. The first kappa shape index (κ1) is 20.4. The molecule has 4 nitrogen and oxygen atoms in total. The first-order chi connectivity index (χ1) is 13.4. The number of hydrogen-bond acceptors (Lipinski definition) is 3. The molecule has 0 fully saturated rings. The number of likely N-dealkylation sites (N-methyl/N-ethyl adjacent to an activating group) is 1. The Morgan fingerprint density at radius 2 is 1.82 bits per heavy atom. The molecule has 0 radical (unpaired) electrons. The number of quaternary nitrogens is 1. The van der Waals surface area contributed by atoms with Crippen molar-refractivity contribution in [2.24, 2.45) is 0 Å². The highest BCUT2D eigenvalue weighted by atomic mass is 32.1. The molecule has 0 saturated carbocycles. The van der Waals surface area contributed by atoms with E-state index in [0.717, 1.165) is 35.4 Å². The smallest absolute Gasteiger partial charge is 0.260 e. The minimum atomic E-state index is -0.346. The third-order valence-electron chi connectivity index (χ3n) is 5.06. The fraction of sp³-hybridized carbons (Fsp3) is 0.364. The molecule has 0 aliphatic heterocycles. The van der Waals surface area contributed by atoms with Crippen LogP contribution in [-0.2, 0) is 0 Å². The summed E-state index contributed by atoms with van der Waals surface area (Å²) < 4.78 is 14.4. The number of hydrogen-bond donors (Lipinski definition) is 1. The highest BCUT2D eigenvalue weighted by Gasteiger charge is 2.23. The van der Waals surface area contributed by atoms with E-state index in [0.29, 0.717) is 17.2 Å². The molecule has 3 aromatic rings. The highest BCUT2D eigenvalue weighted by Crippen LogP contribution is 2.32. The average Bonchev–Trinajstić information content (AvgIpc) is 3.09. The molecule has 1 aromatic heterocycles. The second-order valence-corrected chi connectivity index (χ2v) is 8.07. The highest BCUT2D eigenvalue weighted by molar-refractivity contribution is 7.22. The minimum absolute atomic E-state index is 0.139. The van der Waals surface area contributed by atoms with E-state index >= 15 is 0 Å². The quantitative estimate of drug-likeness (QED) is 0.658. The number of fused-ring (bicyclic) bond motifs is 1. The van der Waals surface area contributed by atoms with Gasteiger partial charge in [0.05, 0.1) is 36.4 Å². The molecule has 1 heterocycles.